The predicted octanol–water partition coefficient (Wildman–Crippen LogP) is 3.49. The zero-order valence-electron chi connectivity index (χ0n) is 6.52. The van der Waals surface area contributed by atoms with E-state index in [2.05, 4.69) is 0 Å². The van der Waals surface area contributed by atoms with Crippen LogP contribution in [0.25, 0.3) is 0 Å². The summed E-state index contributed by atoms with van der Waals surface area (Å²) in [5.41, 5.74) is 0. The molecule has 0 spiro atoms. The summed E-state index contributed by atoms with van der Waals surface area (Å²) < 4.78 is 0. The summed E-state index contributed by atoms with van der Waals surface area (Å²) in [5, 5.41) is 0. The molecule has 0 amide bonds. The van der Waals surface area contributed by atoms with Crippen LogP contribution in [0.15, 0.2) is 0 Å². The molecule has 0 radical (unpaired) electrons. The minimum Gasteiger partial charge on any atom is -0.300 e. The number of carbonyl (C=O) groups is 2. The molecule has 2 nitrogen and oxygen atoms in total. The van der Waals surface area contributed by atoms with E-state index in [4.69, 9.17) is 0 Å². The van der Waals surface area contributed by atoms with Gasteiger partial charge in [-0.05, 0) is 20.8 Å². The maximum absolute atomic E-state index is 9.81. The first-order valence-corrected chi connectivity index (χ1v) is 2.97. The van der Waals surface area contributed by atoms with Crippen LogP contribution in [-0.2, 0) is 9.59 Å². The quantitative estimate of drug-likeness (QED) is 0.616. The fourth-order valence-electron chi connectivity index (χ4n) is 0. The molecule has 0 saturated carbocycles. The number of hydrogen-bond donors (Lipinski definition) is 0. The Bertz CT molecular complexity index is 92.0. The average molecular weight is 178 g/mol. The first-order valence-electron chi connectivity index (χ1n) is 2.97. The van der Waals surface area contributed by atoms with Gasteiger partial charge < -0.3 is 9.59 Å². The molecule has 0 aromatic carbocycles. The Labute approximate surface area is 78.4 Å². The zero-order chi connectivity index (χ0) is 7.86. The number of Topliss-reactive ketones (excluding diaryl/α,β-unsaturated/α-hetero) is 2. The van der Waals surface area contributed by atoms with Crippen LogP contribution in [0.2, 0.25) is 0 Å². The summed E-state index contributed by atoms with van der Waals surface area (Å²) in [6.45, 7) is 6.49. The second kappa shape index (κ2) is 22.4. The van der Waals surface area contributed by atoms with Crippen LogP contribution in [-0.4, -0.2) is 11.6 Å². The van der Waals surface area contributed by atoms with Crippen molar-refractivity contribution in [3.63, 3.8) is 0 Å². The monoisotopic (exact) mass is 178 g/mol. The molecule has 0 bridgehead atoms. The molecule has 0 aromatic heterocycles. The zero-order valence-corrected chi connectivity index (χ0v) is 6.52. The third-order valence-electron chi connectivity index (χ3n) is 0.498. The van der Waals surface area contributed by atoms with Gasteiger partial charge in [-0.15, -0.1) is 0 Å². The number of rotatable bonds is 1. The Kier molecular flexibility index (Phi) is 56.4. The van der Waals surface area contributed by atoms with Gasteiger partial charge in [0.05, 0.1) is 0 Å². The summed E-state index contributed by atoms with van der Waals surface area (Å²) in [7, 11) is 0. The lowest BCUT2D eigenvalue weighted by Gasteiger charge is -1.71. The molecule has 0 aliphatic rings. The molecule has 0 N–H and O–H groups in total. The number of ketones is 2. The highest BCUT2D eigenvalue weighted by atomic mass is 16.1. The van der Waals surface area contributed by atoms with Crippen LogP contribution in [0.3, 0.4) is 0 Å². The SMILES string of the molecule is C.C.C.CC(C)=O.CCC(C)=O. The molecule has 0 aromatic rings. The van der Waals surface area contributed by atoms with Crippen molar-refractivity contribution < 1.29 is 9.59 Å². The maximum atomic E-state index is 9.81. The summed E-state index contributed by atoms with van der Waals surface area (Å²) in [5.74, 6) is 0.421. The molecule has 0 aliphatic carbocycles. The predicted molar refractivity (Wildman–Crippen MR) is 57.5 cm³/mol. The van der Waals surface area contributed by atoms with Crippen molar-refractivity contribution in [3.05, 3.63) is 0 Å². The molecule has 0 aliphatic heterocycles. The molecular formula is C10H26O2. The van der Waals surface area contributed by atoms with Crippen molar-refractivity contribution in [3.8, 4) is 0 Å². The normalized spacial score (nSPS) is 5.33. The van der Waals surface area contributed by atoms with Gasteiger partial charge in [-0.1, -0.05) is 29.2 Å². The van der Waals surface area contributed by atoms with E-state index in [1.807, 2.05) is 6.92 Å². The van der Waals surface area contributed by atoms with Gasteiger partial charge in [0.1, 0.15) is 11.6 Å². The van der Waals surface area contributed by atoms with Gasteiger partial charge in [-0.25, -0.2) is 0 Å². The van der Waals surface area contributed by atoms with E-state index in [-0.39, 0.29) is 33.8 Å². The first kappa shape index (κ1) is 30.2. The van der Waals surface area contributed by atoms with Crippen molar-refractivity contribution in [2.24, 2.45) is 0 Å². The summed E-state index contributed by atoms with van der Waals surface area (Å²) in [4.78, 5) is 19.3. The molecule has 0 rings (SSSR count). The molecule has 2 heteroatoms. The van der Waals surface area contributed by atoms with Crippen molar-refractivity contribution in [1.82, 2.24) is 0 Å². The second-order valence-corrected chi connectivity index (χ2v) is 1.96. The lowest BCUT2D eigenvalue weighted by Crippen LogP contribution is -1.80. The van der Waals surface area contributed by atoms with Crippen LogP contribution >= 0.6 is 0 Å². The van der Waals surface area contributed by atoms with E-state index in [9.17, 15) is 9.59 Å². The van der Waals surface area contributed by atoms with Crippen molar-refractivity contribution >= 4 is 11.6 Å². The number of hydrogen-bond acceptors (Lipinski definition) is 2. The summed E-state index contributed by atoms with van der Waals surface area (Å²) >= 11 is 0. The van der Waals surface area contributed by atoms with Gasteiger partial charge in [0.25, 0.3) is 0 Å². The van der Waals surface area contributed by atoms with E-state index >= 15 is 0 Å². The van der Waals surface area contributed by atoms with Gasteiger partial charge in [-0.2, -0.15) is 0 Å². The Balaban J connectivity index is -0.0000000221. The van der Waals surface area contributed by atoms with Gasteiger partial charge in [0.2, 0.25) is 0 Å². The first-order chi connectivity index (χ1) is 4.00. The fourth-order valence-corrected chi connectivity index (χ4v) is 0. The van der Waals surface area contributed by atoms with Crippen LogP contribution in [0, 0.1) is 0 Å². The lowest BCUT2D eigenvalue weighted by atomic mass is 10.4. The third kappa shape index (κ3) is 362. The second-order valence-electron chi connectivity index (χ2n) is 1.96. The fraction of sp³-hybridized carbons (Fsp3) is 0.800. The maximum Gasteiger partial charge on any atom is 0.129 e. The number of carbonyl (C=O) groups excluding carboxylic acids is 2. The molecule has 0 fully saturated rings. The van der Waals surface area contributed by atoms with Gasteiger partial charge in [-0.3, -0.25) is 0 Å². The highest BCUT2D eigenvalue weighted by Crippen LogP contribution is 1.71. The lowest BCUT2D eigenvalue weighted by molar-refractivity contribution is -0.117. The topological polar surface area (TPSA) is 34.1 Å². The Morgan fingerprint density at radius 2 is 1.00 bits per heavy atom. The Hall–Kier alpha value is -0.660. The van der Waals surface area contributed by atoms with Crippen LogP contribution in [0.5, 0.6) is 0 Å². The van der Waals surface area contributed by atoms with Crippen molar-refractivity contribution in [2.45, 2.75) is 56.4 Å². The van der Waals surface area contributed by atoms with Gasteiger partial charge in [0.15, 0.2) is 0 Å². The van der Waals surface area contributed by atoms with E-state index in [1.54, 1.807) is 6.92 Å². The van der Waals surface area contributed by atoms with Gasteiger partial charge in [0, 0.05) is 6.42 Å². The van der Waals surface area contributed by atoms with E-state index in [1.165, 1.54) is 13.8 Å². The average Bonchev–Trinajstić information content (AvgIpc) is 1.65. The molecule has 78 valence electrons. The summed E-state index contributed by atoms with van der Waals surface area (Å²) in [6.07, 6.45) is 0.667. The van der Waals surface area contributed by atoms with Crippen molar-refractivity contribution in [1.29, 1.82) is 0 Å². The van der Waals surface area contributed by atoms with E-state index < -0.39 is 0 Å². The summed E-state index contributed by atoms with van der Waals surface area (Å²) in [6, 6.07) is 0. The highest BCUT2D eigenvalue weighted by Gasteiger charge is 1.76. The van der Waals surface area contributed by atoms with E-state index in [0.717, 1.165) is 0 Å². The largest absolute Gasteiger partial charge is 0.300 e. The molecule has 0 saturated heterocycles. The van der Waals surface area contributed by atoms with Gasteiger partial charge >= 0.3 is 0 Å². The Morgan fingerprint density at radius 1 is 0.917 bits per heavy atom. The minimum atomic E-state index is 0. The smallest absolute Gasteiger partial charge is 0.129 e. The molecule has 0 atom stereocenters. The van der Waals surface area contributed by atoms with Crippen molar-refractivity contribution in [2.75, 3.05) is 0 Å². The molecule has 0 unspecified atom stereocenters. The minimum absolute atomic E-state index is 0. The molecule has 12 heavy (non-hydrogen) atoms. The van der Waals surface area contributed by atoms with Crippen LogP contribution < -0.4 is 0 Å². The Morgan fingerprint density at radius 3 is 1.00 bits per heavy atom. The van der Waals surface area contributed by atoms with E-state index in [0.29, 0.717) is 6.42 Å². The molecule has 0 heterocycles. The van der Waals surface area contributed by atoms with Crippen LogP contribution in [0.1, 0.15) is 56.4 Å². The standard InChI is InChI=1S/C4H8O.C3H6O.3CH4/c1-3-4(2)5;1-3(2)4;;;/h3H2,1-2H3;1-2H3;3*1H4. The van der Waals surface area contributed by atoms with Crippen LogP contribution in [0.4, 0.5) is 0 Å². The highest BCUT2D eigenvalue weighted by molar-refractivity contribution is 5.74. The molecular weight excluding hydrogens is 152 g/mol. The third-order valence-corrected chi connectivity index (χ3v) is 0.498.